The minimum atomic E-state index is 0.674. The molecule has 0 aliphatic rings. The minimum Gasteiger partial charge on any atom is -0.477 e. The van der Waals surface area contributed by atoms with Gasteiger partial charge in [0.25, 0.3) is 0 Å². The standard InChI is InChI=1S/C17H22N2O/c1-3-5-8-11-20-17-16-10-7-6-9-14(16)12-15(19-17)13-18-4-2/h3,6-7,9-10,12,18H,1,4-5,8,11,13H2,2H3. The number of fused-ring (bicyclic) bond motifs is 1. The molecule has 3 nitrogen and oxygen atoms in total. The molecule has 0 spiro atoms. The van der Waals surface area contributed by atoms with Crippen molar-refractivity contribution in [2.75, 3.05) is 13.2 Å². The first-order valence-corrected chi connectivity index (χ1v) is 7.18. The van der Waals surface area contributed by atoms with Crippen LogP contribution in [0, 0.1) is 0 Å². The molecule has 20 heavy (non-hydrogen) atoms. The summed E-state index contributed by atoms with van der Waals surface area (Å²) in [5.41, 5.74) is 1.02. The molecule has 0 amide bonds. The molecule has 3 heteroatoms. The lowest BCUT2D eigenvalue weighted by atomic mass is 10.1. The highest BCUT2D eigenvalue weighted by atomic mass is 16.5. The first kappa shape index (κ1) is 14.5. The molecule has 0 saturated carbocycles. The largest absolute Gasteiger partial charge is 0.477 e. The zero-order valence-electron chi connectivity index (χ0n) is 12.1. The summed E-state index contributed by atoms with van der Waals surface area (Å²) in [6.07, 6.45) is 3.85. The van der Waals surface area contributed by atoms with E-state index < -0.39 is 0 Å². The number of unbranched alkanes of at least 4 members (excludes halogenated alkanes) is 1. The van der Waals surface area contributed by atoms with Crippen LogP contribution in [0.2, 0.25) is 0 Å². The molecule has 1 aromatic carbocycles. The Balaban J connectivity index is 2.21. The fourth-order valence-corrected chi connectivity index (χ4v) is 2.07. The number of hydrogen-bond acceptors (Lipinski definition) is 3. The maximum Gasteiger partial charge on any atom is 0.221 e. The van der Waals surface area contributed by atoms with Crippen molar-refractivity contribution in [3.63, 3.8) is 0 Å². The van der Waals surface area contributed by atoms with E-state index in [1.165, 1.54) is 5.39 Å². The Hall–Kier alpha value is -1.87. The predicted octanol–water partition coefficient (Wildman–Crippen LogP) is 3.69. The molecule has 0 aliphatic carbocycles. The summed E-state index contributed by atoms with van der Waals surface area (Å²) < 4.78 is 5.86. The van der Waals surface area contributed by atoms with Gasteiger partial charge in [-0.15, -0.1) is 6.58 Å². The van der Waals surface area contributed by atoms with Gasteiger partial charge < -0.3 is 10.1 Å². The van der Waals surface area contributed by atoms with E-state index >= 15 is 0 Å². The fraction of sp³-hybridized carbons (Fsp3) is 0.353. The molecule has 2 aromatic rings. The molecule has 0 aliphatic heterocycles. The van der Waals surface area contributed by atoms with Gasteiger partial charge in [0, 0.05) is 11.9 Å². The Morgan fingerprint density at radius 3 is 3.00 bits per heavy atom. The third-order valence-corrected chi connectivity index (χ3v) is 3.11. The van der Waals surface area contributed by atoms with Crippen LogP contribution in [0.15, 0.2) is 43.0 Å². The van der Waals surface area contributed by atoms with E-state index in [2.05, 4.69) is 42.0 Å². The van der Waals surface area contributed by atoms with Gasteiger partial charge in [-0.2, -0.15) is 0 Å². The van der Waals surface area contributed by atoms with E-state index in [4.69, 9.17) is 4.74 Å². The second kappa shape index (κ2) is 7.65. The Labute approximate surface area is 120 Å². The van der Waals surface area contributed by atoms with Gasteiger partial charge in [0.05, 0.1) is 12.3 Å². The normalized spacial score (nSPS) is 10.7. The molecule has 0 unspecified atom stereocenters. The minimum absolute atomic E-state index is 0.674. The summed E-state index contributed by atoms with van der Waals surface area (Å²) in [7, 11) is 0. The lowest BCUT2D eigenvalue weighted by Gasteiger charge is -2.11. The van der Waals surface area contributed by atoms with Crippen LogP contribution in [-0.4, -0.2) is 18.1 Å². The first-order chi connectivity index (χ1) is 9.85. The van der Waals surface area contributed by atoms with Crippen LogP contribution in [0.3, 0.4) is 0 Å². The smallest absolute Gasteiger partial charge is 0.221 e. The Bertz CT molecular complexity index is 566. The zero-order chi connectivity index (χ0) is 14.2. The quantitative estimate of drug-likeness (QED) is 0.587. The van der Waals surface area contributed by atoms with Crippen molar-refractivity contribution in [3.05, 3.63) is 48.7 Å². The number of nitrogens with one attached hydrogen (secondary N) is 1. The number of ether oxygens (including phenoxy) is 1. The summed E-state index contributed by atoms with van der Waals surface area (Å²) in [4.78, 5) is 4.63. The number of allylic oxidation sites excluding steroid dienone is 1. The van der Waals surface area contributed by atoms with Crippen LogP contribution in [-0.2, 0) is 6.54 Å². The molecule has 106 valence electrons. The highest BCUT2D eigenvalue weighted by molar-refractivity contribution is 5.87. The maximum atomic E-state index is 5.86. The van der Waals surface area contributed by atoms with E-state index in [9.17, 15) is 0 Å². The second-order valence-corrected chi connectivity index (χ2v) is 4.70. The van der Waals surface area contributed by atoms with Crippen molar-refractivity contribution in [2.45, 2.75) is 26.3 Å². The highest BCUT2D eigenvalue weighted by Crippen LogP contribution is 2.24. The second-order valence-electron chi connectivity index (χ2n) is 4.70. The fourth-order valence-electron chi connectivity index (χ4n) is 2.07. The van der Waals surface area contributed by atoms with Gasteiger partial charge >= 0.3 is 0 Å². The molecule has 0 fully saturated rings. The third-order valence-electron chi connectivity index (χ3n) is 3.11. The Kier molecular flexibility index (Phi) is 5.56. The van der Waals surface area contributed by atoms with Gasteiger partial charge in [-0.3, -0.25) is 0 Å². The maximum absolute atomic E-state index is 5.86. The highest BCUT2D eigenvalue weighted by Gasteiger charge is 2.06. The SMILES string of the molecule is C=CCCCOc1nc(CNCC)cc2ccccc12. The van der Waals surface area contributed by atoms with Gasteiger partial charge in [-0.1, -0.05) is 31.2 Å². The summed E-state index contributed by atoms with van der Waals surface area (Å²) >= 11 is 0. The van der Waals surface area contributed by atoms with Crippen molar-refractivity contribution in [2.24, 2.45) is 0 Å². The summed E-state index contributed by atoms with van der Waals surface area (Å²) in [6.45, 7) is 8.19. The van der Waals surface area contributed by atoms with Crippen LogP contribution in [0.5, 0.6) is 5.88 Å². The lowest BCUT2D eigenvalue weighted by Crippen LogP contribution is -2.13. The molecule has 1 aromatic heterocycles. The first-order valence-electron chi connectivity index (χ1n) is 7.18. The Morgan fingerprint density at radius 2 is 2.20 bits per heavy atom. The molecule has 1 heterocycles. The number of rotatable bonds is 8. The van der Waals surface area contributed by atoms with Crippen LogP contribution in [0.25, 0.3) is 10.8 Å². The topological polar surface area (TPSA) is 34.1 Å². The third kappa shape index (κ3) is 3.81. The molecule has 2 rings (SSSR count). The van der Waals surface area contributed by atoms with Gasteiger partial charge in [0.15, 0.2) is 0 Å². The van der Waals surface area contributed by atoms with Crippen molar-refractivity contribution in [1.29, 1.82) is 0 Å². The number of hydrogen-bond donors (Lipinski definition) is 1. The lowest BCUT2D eigenvalue weighted by molar-refractivity contribution is 0.303. The van der Waals surface area contributed by atoms with Crippen molar-refractivity contribution in [1.82, 2.24) is 10.3 Å². The summed E-state index contributed by atoms with van der Waals surface area (Å²) in [5, 5.41) is 5.55. The predicted molar refractivity (Wildman–Crippen MR) is 84.0 cm³/mol. The molecule has 0 radical (unpaired) electrons. The molecule has 0 saturated heterocycles. The van der Waals surface area contributed by atoms with Gasteiger partial charge in [-0.25, -0.2) is 4.98 Å². The van der Waals surface area contributed by atoms with Gasteiger partial charge in [0.2, 0.25) is 5.88 Å². The molecule has 1 N–H and O–H groups in total. The average molecular weight is 270 g/mol. The van der Waals surface area contributed by atoms with E-state index in [1.54, 1.807) is 0 Å². The van der Waals surface area contributed by atoms with Gasteiger partial charge in [0.1, 0.15) is 0 Å². The van der Waals surface area contributed by atoms with E-state index in [-0.39, 0.29) is 0 Å². The van der Waals surface area contributed by atoms with Crippen LogP contribution >= 0.6 is 0 Å². The van der Waals surface area contributed by atoms with Crippen LogP contribution in [0.1, 0.15) is 25.5 Å². The molecular weight excluding hydrogens is 248 g/mol. The van der Waals surface area contributed by atoms with E-state index in [0.29, 0.717) is 6.61 Å². The van der Waals surface area contributed by atoms with Crippen molar-refractivity contribution < 1.29 is 4.74 Å². The van der Waals surface area contributed by atoms with E-state index in [0.717, 1.165) is 42.9 Å². The average Bonchev–Trinajstić information content (AvgIpc) is 2.49. The molecular formula is C17H22N2O. The van der Waals surface area contributed by atoms with Crippen LogP contribution < -0.4 is 10.1 Å². The van der Waals surface area contributed by atoms with Crippen molar-refractivity contribution >= 4 is 10.8 Å². The van der Waals surface area contributed by atoms with Crippen LogP contribution in [0.4, 0.5) is 0 Å². The molecule has 0 atom stereocenters. The summed E-state index contributed by atoms with van der Waals surface area (Å²) in [5.74, 6) is 0.736. The Morgan fingerprint density at radius 1 is 1.35 bits per heavy atom. The van der Waals surface area contributed by atoms with Gasteiger partial charge in [-0.05, 0) is 36.9 Å². The summed E-state index contributed by atoms with van der Waals surface area (Å²) in [6, 6.07) is 10.3. The number of aromatic nitrogens is 1. The van der Waals surface area contributed by atoms with Crippen molar-refractivity contribution in [3.8, 4) is 5.88 Å². The number of pyridine rings is 1. The number of benzene rings is 1. The zero-order valence-corrected chi connectivity index (χ0v) is 12.1. The molecule has 0 bridgehead atoms. The van der Waals surface area contributed by atoms with E-state index in [1.807, 2.05) is 18.2 Å². The number of nitrogens with zero attached hydrogens (tertiary/aromatic N) is 1. The monoisotopic (exact) mass is 270 g/mol.